The number of imide groups is 2. The highest BCUT2D eigenvalue weighted by atomic mass is 16.4. The van der Waals surface area contributed by atoms with Crippen molar-refractivity contribution in [3.8, 4) is 0 Å². The SMILES string of the molecule is CCCN1CC(=O)NCC(=O)NC(=O)NC(=O)Nc2nnc(o2)C1CC. The van der Waals surface area contributed by atoms with E-state index in [9.17, 15) is 19.2 Å². The fourth-order valence-electron chi connectivity index (χ4n) is 2.49. The summed E-state index contributed by atoms with van der Waals surface area (Å²) < 4.78 is 5.44. The molecule has 26 heavy (non-hydrogen) atoms. The van der Waals surface area contributed by atoms with Crippen LogP contribution in [0.5, 0.6) is 0 Å². The lowest BCUT2D eigenvalue weighted by Gasteiger charge is -2.27. The summed E-state index contributed by atoms with van der Waals surface area (Å²) in [6.45, 7) is 4.06. The van der Waals surface area contributed by atoms with Crippen LogP contribution in [0.2, 0.25) is 0 Å². The predicted octanol–water partition coefficient (Wildman–Crippen LogP) is -0.280. The van der Waals surface area contributed by atoms with Gasteiger partial charge in [-0.25, -0.2) is 9.59 Å². The number of fused-ring (bicyclic) bond motifs is 2. The van der Waals surface area contributed by atoms with Gasteiger partial charge in [-0.2, -0.15) is 0 Å². The van der Waals surface area contributed by atoms with Crippen molar-refractivity contribution in [2.75, 3.05) is 25.0 Å². The molecule has 0 aliphatic carbocycles. The average Bonchev–Trinajstić information content (AvgIpc) is 3.00. The summed E-state index contributed by atoms with van der Waals surface area (Å²) in [4.78, 5) is 48.9. The molecule has 4 N–H and O–H groups in total. The second-order valence-corrected chi connectivity index (χ2v) is 5.57. The van der Waals surface area contributed by atoms with Gasteiger partial charge >= 0.3 is 18.1 Å². The first-order chi connectivity index (χ1) is 12.4. The average molecular weight is 367 g/mol. The van der Waals surface area contributed by atoms with Crippen LogP contribution in [0.1, 0.15) is 38.6 Å². The summed E-state index contributed by atoms with van der Waals surface area (Å²) in [7, 11) is 0. The van der Waals surface area contributed by atoms with E-state index in [1.54, 1.807) is 0 Å². The molecule has 0 saturated heterocycles. The summed E-state index contributed by atoms with van der Waals surface area (Å²) in [5.41, 5.74) is 0. The van der Waals surface area contributed by atoms with E-state index in [4.69, 9.17) is 4.42 Å². The zero-order valence-electron chi connectivity index (χ0n) is 14.5. The maximum Gasteiger partial charge on any atom is 0.330 e. The van der Waals surface area contributed by atoms with Gasteiger partial charge in [0, 0.05) is 0 Å². The zero-order chi connectivity index (χ0) is 19.1. The highest BCUT2D eigenvalue weighted by Crippen LogP contribution is 2.24. The minimum Gasteiger partial charge on any atom is -0.406 e. The number of amides is 6. The Morgan fingerprint density at radius 3 is 2.46 bits per heavy atom. The largest absolute Gasteiger partial charge is 0.406 e. The van der Waals surface area contributed by atoms with Crippen LogP contribution in [0.4, 0.5) is 15.6 Å². The summed E-state index contributed by atoms with van der Waals surface area (Å²) in [6, 6.07) is -2.53. The quantitative estimate of drug-likeness (QED) is 0.568. The smallest absolute Gasteiger partial charge is 0.330 e. The molecule has 0 radical (unpaired) electrons. The third kappa shape index (κ3) is 5.24. The van der Waals surface area contributed by atoms with Gasteiger partial charge in [0.15, 0.2) is 0 Å². The Morgan fingerprint density at radius 1 is 1.04 bits per heavy atom. The maximum atomic E-state index is 12.1. The van der Waals surface area contributed by atoms with E-state index in [2.05, 4.69) is 20.8 Å². The predicted molar refractivity (Wildman–Crippen MR) is 87.9 cm³/mol. The van der Waals surface area contributed by atoms with Crippen LogP contribution in [0, 0.1) is 0 Å². The van der Waals surface area contributed by atoms with E-state index in [0.29, 0.717) is 13.0 Å². The van der Waals surface area contributed by atoms with Crippen LogP contribution in [0.25, 0.3) is 0 Å². The van der Waals surface area contributed by atoms with Crippen molar-refractivity contribution in [2.24, 2.45) is 0 Å². The van der Waals surface area contributed by atoms with Crippen LogP contribution in [-0.2, 0) is 9.59 Å². The van der Waals surface area contributed by atoms with Crippen LogP contribution in [0.3, 0.4) is 0 Å². The molecule has 2 rings (SSSR count). The standard InChI is InChI=1S/C14H21N7O5/c1-3-5-21-7-10(23)15-6-9(22)16-12(24)17-13(25)18-14-20-19-11(26-14)8(21)4-2/h8H,3-7H2,1-2H3,(H,15,23)(H3,16,17,18,20,22,24,25). The first-order valence-electron chi connectivity index (χ1n) is 8.18. The second-order valence-electron chi connectivity index (χ2n) is 5.57. The van der Waals surface area contributed by atoms with E-state index in [1.165, 1.54) is 0 Å². The van der Waals surface area contributed by atoms with Crippen molar-refractivity contribution in [1.82, 2.24) is 31.0 Å². The minimum atomic E-state index is -1.05. The first-order valence-corrected chi connectivity index (χ1v) is 8.18. The molecule has 1 aliphatic heterocycles. The Hall–Kier alpha value is -3.02. The molecule has 1 unspecified atom stereocenters. The maximum absolute atomic E-state index is 12.1. The van der Waals surface area contributed by atoms with E-state index in [-0.39, 0.29) is 24.5 Å². The molecule has 142 valence electrons. The van der Waals surface area contributed by atoms with Gasteiger partial charge < -0.3 is 9.73 Å². The Kier molecular flexibility index (Phi) is 6.60. The molecular weight excluding hydrogens is 346 g/mol. The monoisotopic (exact) mass is 367 g/mol. The molecule has 12 heteroatoms. The van der Waals surface area contributed by atoms with Crippen LogP contribution < -0.4 is 21.3 Å². The lowest BCUT2D eigenvalue weighted by molar-refractivity contribution is -0.126. The third-order valence-electron chi connectivity index (χ3n) is 3.56. The summed E-state index contributed by atoms with van der Waals surface area (Å²) in [6.07, 6.45) is 1.36. The van der Waals surface area contributed by atoms with Crippen molar-refractivity contribution >= 4 is 29.9 Å². The van der Waals surface area contributed by atoms with E-state index in [1.807, 2.05) is 29.4 Å². The third-order valence-corrected chi connectivity index (χ3v) is 3.56. The normalized spacial score (nSPS) is 20.3. The number of aromatic nitrogens is 2. The van der Waals surface area contributed by atoms with E-state index >= 15 is 0 Å². The number of carbonyl (C=O) groups is 4. The first kappa shape index (κ1) is 19.3. The summed E-state index contributed by atoms with van der Waals surface area (Å²) >= 11 is 0. The number of rotatable bonds is 3. The van der Waals surface area contributed by atoms with Gasteiger partial charge in [-0.05, 0) is 19.4 Å². The van der Waals surface area contributed by atoms with Crippen molar-refractivity contribution in [3.63, 3.8) is 0 Å². The Labute approximate surface area is 149 Å². The van der Waals surface area contributed by atoms with Crippen molar-refractivity contribution < 1.29 is 23.6 Å². The number of urea groups is 2. The molecule has 0 saturated carbocycles. The number of hydrogen-bond acceptors (Lipinski definition) is 8. The number of anilines is 1. The fourth-order valence-corrected chi connectivity index (χ4v) is 2.49. The summed E-state index contributed by atoms with van der Waals surface area (Å²) in [5.74, 6) is -0.914. The Bertz CT molecular complexity index is 689. The fraction of sp³-hybridized carbons (Fsp3) is 0.571. The lowest BCUT2D eigenvalue weighted by Crippen LogP contribution is -2.48. The molecule has 0 spiro atoms. The van der Waals surface area contributed by atoms with Crippen molar-refractivity contribution in [1.29, 1.82) is 0 Å². The molecule has 1 atom stereocenters. The lowest BCUT2D eigenvalue weighted by atomic mass is 10.1. The topological polar surface area (TPSA) is 159 Å². The van der Waals surface area contributed by atoms with Crippen LogP contribution >= 0.6 is 0 Å². The number of nitrogens with one attached hydrogen (secondary N) is 4. The Balaban J connectivity index is 2.27. The second kappa shape index (κ2) is 8.89. The molecule has 2 heterocycles. The molecule has 0 aromatic carbocycles. The highest BCUT2D eigenvalue weighted by Gasteiger charge is 2.26. The molecule has 1 aromatic heterocycles. The molecule has 1 aliphatic rings. The van der Waals surface area contributed by atoms with Gasteiger partial charge in [0.2, 0.25) is 17.7 Å². The van der Waals surface area contributed by atoms with E-state index < -0.39 is 30.4 Å². The number of carbonyl (C=O) groups excluding carboxylic acids is 4. The molecule has 12 nitrogen and oxygen atoms in total. The number of hydrogen-bond donors (Lipinski definition) is 4. The van der Waals surface area contributed by atoms with Crippen molar-refractivity contribution in [3.05, 3.63) is 5.89 Å². The minimum absolute atomic E-state index is 0.00982. The molecule has 1 aromatic rings. The van der Waals surface area contributed by atoms with E-state index in [0.717, 1.165) is 6.42 Å². The highest BCUT2D eigenvalue weighted by molar-refractivity contribution is 6.05. The van der Waals surface area contributed by atoms with Gasteiger partial charge in [0.1, 0.15) is 0 Å². The van der Waals surface area contributed by atoms with Gasteiger partial charge in [0.05, 0.1) is 19.1 Å². The van der Waals surface area contributed by atoms with Gasteiger partial charge in [0.25, 0.3) is 0 Å². The Morgan fingerprint density at radius 2 is 1.77 bits per heavy atom. The zero-order valence-corrected chi connectivity index (χ0v) is 14.5. The number of nitrogens with zero attached hydrogens (tertiary/aromatic N) is 3. The van der Waals surface area contributed by atoms with Crippen molar-refractivity contribution in [2.45, 2.75) is 32.7 Å². The van der Waals surface area contributed by atoms with Gasteiger partial charge in [-0.15, -0.1) is 5.10 Å². The van der Waals surface area contributed by atoms with Crippen LogP contribution in [0.15, 0.2) is 4.42 Å². The molecule has 0 fully saturated rings. The molecule has 2 bridgehead atoms. The van der Waals surface area contributed by atoms with Gasteiger partial charge in [-0.3, -0.25) is 30.4 Å². The van der Waals surface area contributed by atoms with Gasteiger partial charge in [-0.1, -0.05) is 18.9 Å². The van der Waals surface area contributed by atoms with Crippen LogP contribution in [-0.4, -0.2) is 58.6 Å². The molecule has 6 amide bonds. The summed E-state index contributed by atoms with van der Waals surface area (Å²) in [5, 5.41) is 16.1. The molecular formula is C14H21N7O5.